The Morgan fingerprint density at radius 2 is 2.11 bits per heavy atom. The topological polar surface area (TPSA) is 26.0 Å². The van der Waals surface area contributed by atoms with E-state index in [2.05, 4.69) is 22.9 Å². The molecule has 0 saturated heterocycles. The van der Waals surface area contributed by atoms with Gasteiger partial charge in [-0.15, -0.1) is 0 Å². The largest absolute Gasteiger partial charge is 0.324 e. The Morgan fingerprint density at radius 1 is 1.39 bits per heavy atom. The zero-order valence-corrected chi connectivity index (χ0v) is 12.4. The van der Waals surface area contributed by atoms with Gasteiger partial charge in [-0.05, 0) is 30.4 Å². The van der Waals surface area contributed by atoms with Crippen LogP contribution in [-0.4, -0.2) is 0 Å². The first kappa shape index (κ1) is 14.0. The van der Waals surface area contributed by atoms with E-state index in [0.717, 1.165) is 17.3 Å². The molecule has 0 amide bonds. The summed E-state index contributed by atoms with van der Waals surface area (Å²) in [4.78, 5) is 0. The lowest BCUT2D eigenvalue weighted by Gasteiger charge is -2.35. The molecular formula is C15H21BrFN. The summed E-state index contributed by atoms with van der Waals surface area (Å²) < 4.78 is 14.8. The van der Waals surface area contributed by atoms with Crippen molar-refractivity contribution in [3.8, 4) is 0 Å². The van der Waals surface area contributed by atoms with Crippen LogP contribution in [0.25, 0.3) is 0 Å². The van der Waals surface area contributed by atoms with Crippen molar-refractivity contribution in [1.29, 1.82) is 0 Å². The Kier molecular flexibility index (Phi) is 4.79. The Balaban J connectivity index is 2.26. The van der Waals surface area contributed by atoms with E-state index in [9.17, 15) is 4.39 Å². The molecule has 3 heteroatoms. The molecule has 1 aromatic carbocycles. The highest BCUT2D eigenvalue weighted by Gasteiger charge is 2.31. The highest BCUT2D eigenvalue weighted by atomic mass is 79.9. The molecule has 100 valence electrons. The van der Waals surface area contributed by atoms with Crippen LogP contribution in [0.4, 0.5) is 4.39 Å². The first-order chi connectivity index (χ1) is 8.65. The van der Waals surface area contributed by atoms with Crippen molar-refractivity contribution >= 4 is 15.9 Å². The van der Waals surface area contributed by atoms with E-state index < -0.39 is 0 Å². The number of hydrogen-bond donors (Lipinski definition) is 1. The predicted octanol–water partition coefficient (Wildman–Crippen LogP) is 4.80. The van der Waals surface area contributed by atoms with E-state index in [1.807, 2.05) is 6.07 Å². The summed E-state index contributed by atoms with van der Waals surface area (Å²) in [5, 5.41) is 0. The van der Waals surface area contributed by atoms with Crippen LogP contribution in [-0.2, 0) is 0 Å². The molecule has 0 aliphatic heterocycles. The number of nitrogens with two attached hydrogens (primary N) is 1. The standard InChI is InChI=1S/C15H21BrFN/c1-2-10-6-3-4-7-11(10)15(18)14-12(16)8-5-9-13(14)17/h5,8-11,15H,2-4,6-7,18H2,1H3. The van der Waals surface area contributed by atoms with Crippen LogP contribution in [0.1, 0.15) is 50.6 Å². The van der Waals surface area contributed by atoms with Crippen molar-refractivity contribution in [1.82, 2.24) is 0 Å². The molecule has 1 aliphatic carbocycles. The Morgan fingerprint density at radius 3 is 2.78 bits per heavy atom. The average Bonchev–Trinajstić information content (AvgIpc) is 2.38. The molecule has 2 rings (SSSR count). The molecule has 1 fully saturated rings. The number of halogens is 2. The quantitative estimate of drug-likeness (QED) is 0.852. The summed E-state index contributed by atoms with van der Waals surface area (Å²) >= 11 is 3.44. The van der Waals surface area contributed by atoms with Crippen molar-refractivity contribution in [3.63, 3.8) is 0 Å². The fourth-order valence-corrected chi connectivity index (χ4v) is 3.87. The van der Waals surface area contributed by atoms with Gasteiger partial charge in [0.15, 0.2) is 0 Å². The van der Waals surface area contributed by atoms with Crippen LogP contribution in [0.5, 0.6) is 0 Å². The van der Waals surface area contributed by atoms with Gasteiger partial charge < -0.3 is 5.73 Å². The van der Waals surface area contributed by atoms with Gasteiger partial charge in [0.2, 0.25) is 0 Å². The molecule has 1 nitrogen and oxygen atoms in total. The molecule has 3 atom stereocenters. The van der Waals surface area contributed by atoms with E-state index in [4.69, 9.17) is 5.73 Å². The van der Waals surface area contributed by atoms with Crippen molar-refractivity contribution in [2.75, 3.05) is 0 Å². The number of hydrogen-bond acceptors (Lipinski definition) is 1. The maximum Gasteiger partial charge on any atom is 0.129 e. The van der Waals surface area contributed by atoms with Crippen molar-refractivity contribution in [2.45, 2.75) is 45.1 Å². The third-order valence-corrected chi connectivity index (χ3v) is 4.98. The third kappa shape index (κ3) is 2.77. The highest BCUT2D eigenvalue weighted by molar-refractivity contribution is 9.10. The number of benzene rings is 1. The molecule has 18 heavy (non-hydrogen) atoms. The van der Waals surface area contributed by atoms with Gasteiger partial charge >= 0.3 is 0 Å². The highest BCUT2D eigenvalue weighted by Crippen LogP contribution is 2.41. The summed E-state index contributed by atoms with van der Waals surface area (Å²) in [5.74, 6) is 0.870. The summed E-state index contributed by atoms with van der Waals surface area (Å²) in [6, 6.07) is 4.91. The smallest absolute Gasteiger partial charge is 0.129 e. The van der Waals surface area contributed by atoms with Crippen LogP contribution in [0.15, 0.2) is 22.7 Å². The normalized spacial score (nSPS) is 26.0. The second kappa shape index (κ2) is 6.16. The maximum atomic E-state index is 14.0. The maximum absolute atomic E-state index is 14.0. The van der Waals surface area contributed by atoms with E-state index in [-0.39, 0.29) is 11.9 Å². The van der Waals surface area contributed by atoms with Crippen LogP contribution < -0.4 is 5.73 Å². The molecule has 2 N–H and O–H groups in total. The van der Waals surface area contributed by atoms with Gasteiger partial charge in [-0.1, -0.05) is 54.6 Å². The van der Waals surface area contributed by atoms with Crippen LogP contribution in [0.3, 0.4) is 0 Å². The first-order valence-electron chi connectivity index (χ1n) is 6.84. The van der Waals surface area contributed by atoms with Crippen LogP contribution in [0, 0.1) is 17.7 Å². The molecule has 1 aliphatic rings. The second-order valence-corrected chi connectivity index (χ2v) is 6.13. The van der Waals surface area contributed by atoms with Gasteiger partial charge in [0.25, 0.3) is 0 Å². The van der Waals surface area contributed by atoms with Crippen molar-refractivity contribution < 1.29 is 4.39 Å². The molecule has 0 spiro atoms. The number of rotatable bonds is 3. The minimum Gasteiger partial charge on any atom is -0.324 e. The Hall–Kier alpha value is -0.410. The molecule has 1 saturated carbocycles. The van der Waals surface area contributed by atoms with E-state index in [0.29, 0.717) is 17.4 Å². The Bertz CT molecular complexity index is 387. The van der Waals surface area contributed by atoms with Gasteiger partial charge in [0.1, 0.15) is 5.82 Å². The van der Waals surface area contributed by atoms with E-state index in [1.165, 1.54) is 25.3 Å². The average molecular weight is 314 g/mol. The molecular weight excluding hydrogens is 293 g/mol. The van der Waals surface area contributed by atoms with E-state index >= 15 is 0 Å². The predicted molar refractivity (Wildman–Crippen MR) is 76.8 cm³/mol. The lowest BCUT2D eigenvalue weighted by molar-refractivity contribution is 0.194. The third-order valence-electron chi connectivity index (χ3n) is 4.29. The summed E-state index contributed by atoms with van der Waals surface area (Å²) in [7, 11) is 0. The molecule has 3 unspecified atom stereocenters. The van der Waals surface area contributed by atoms with Gasteiger partial charge in [-0.25, -0.2) is 4.39 Å². The first-order valence-corrected chi connectivity index (χ1v) is 7.64. The Labute approximate surface area is 117 Å². The molecule has 1 aromatic rings. The monoisotopic (exact) mass is 313 g/mol. The minimum absolute atomic E-state index is 0.183. The van der Waals surface area contributed by atoms with Gasteiger partial charge in [-0.3, -0.25) is 0 Å². The summed E-state index contributed by atoms with van der Waals surface area (Å²) in [6.45, 7) is 2.21. The summed E-state index contributed by atoms with van der Waals surface area (Å²) in [6.07, 6.45) is 6.02. The van der Waals surface area contributed by atoms with Crippen molar-refractivity contribution in [2.24, 2.45) is 17.6 Å². The fourth-order valence-electron chi connectivity index (χ4n) is 3.26. The second-order valence-electron chi connectivity index (χ2n) is 5.28. The van der Waals surface area contributed by atoms with Gasteiger partial charge in [0, 0.05) is 16.1 Å². The SMILES string of the molecule is CCC1CCCCC1C(N)c1c(F)cccc1Br. The zero-order valence-electron chi connectivity index (χ0n) is 10.8. The van der Waals surface area contributed by atoms with Gasteiger partial charge in [0.05, 0.1) is 0 Å². The molecule has 0 bridgehead atoms. The van der Waals surface area contributed by atoms with Crippen LogP contribution >= 0.6 is 15.9 Å². The lowest BCUT2D eigenvalue weighted by Crippen LogP contribution is -2.31. The molecule has 0 radical (unpaired) electrons. The fraction of sp³-hybridized carbons (Fsp3) is 0.600. The minimum atomic E-state index is -0.189. The van der Waals surface area contributed by atoms with Crippen LogP contribution in [0.2, 0.25) is 0 Å². The zero-order chi connectivity index (χ0) is 13.1. The molecule has 0 aromatic heterocycles. The lowest BCUT2D eigenvalue weighted by atomic mass is 9.72. The summed E-state index contributed by atoms with van der Waals surface area (Å²) in [5.41, 5.74) is 7.02. The van der Waals surface area contributed by atoms with Crippen molar-refractivity contribution in [3.05, 3.63) is 34.1 Å². The molecule has 0 heterocycles. The van der Waals surface area contributed by atoms with Gasteiger partial charge in [-0.2, -0.15) is 0 Å². The van der Waals surface area contributed by atoms with E-state index in [1.54, 1.807) is 6.07 Å².